The second-order valence-corrected chi connectivity index (χ2v) is 6.70. The van der Waals surface area contributed by atoms with Crippen molar-refractivity contribution in [3.8, 4) is 6.07 Å². The zero-order valence-corrected chi connectivity index (χ0v) is 15.5. The summed E-state index contributed by atoms with van der Waals surface area (Å²) in [6.07, 6.45) is -3.56. The smallest absolute Gasteiger partial charge is 0.343 e. The molecule has 146 valence electrons. The summed E-state index contributed by atoms with van der Waals surface area (Å²) in [5.41, 5.74) is -0.726. The molecule has 2 aromatic rings. The highest BCUT2D eigenvalue weighted by Crippen LogP contribution is 2.37. The second kappa shape index (κ2) is 7.50. The summed E-state index contributed by atoms with van der Waals surface area (Å²) < 4.78 is 40.2. The molecule has 1 saturated heterocycles. The van der Waals surface area contributed by atoms with E-state index in [1.165, 1.54) is 16.7 Å². The van der Waals surface area contributed by atoms with E-state index >= 15 is 0 Å². The van der Waals surface area contributed by atoms with Crippen LogP contribution in [0.2, 0.25) is 0 Å². The van der Waals surface area contributed by atoms with Crippen molar-refractivity contribution < 1.29 is 18.0 Å². The summed E-state index contributed by atoms with van der Waals surface area (Å²) in [6, 6.07) is 10.8. The molecule has 8 heteroatoms. The fourth-order valence-corrected chi connectivity index (χ4v) is 3.48. The first-order valence-electron chi connectivity index (χ1n) is 8.82. The molecule has 1 fully saturated rings. The number of aryl methyl sites for hydroxylation is 1. The Morgan fingerprint density at radius 1 is 1.32 bits per heavy atom. The van der Waals surface area contributed by atoms with Crippen molar-refractivity contribution in [1.29, 1.82) is 5.26 Å². The first-order chi connectivity index (χ1) is 13.2. The number of alkyl halides is 3. The van der Waals surface area contributed by atoms with Crippen LogP contribution in [0.4, 0.5) is 24.7 Å². The highest BCUT2D eigenvalue weighted by molar-refractivity contribution is 5.99. The van der Waals surface area contributed by atoms with Gasteiger partial charge in [-0.2, -0.15) is 18.4 Å². The summed E-state index contributed by atoms with van der Waals surface area (Å²) in [5.74, 6) is -0.323. The molecular formula is C20H19F3N4O. The molecule has 1 aliphatic heterocycles. The summed E-state index contributed by atoms with van der Waals surface area (Å²) in [4.78, 5) is 20.3. The minimum atomic E-state index is -4.67. The molecule has 0 aliphatic carbocycles. The maximum Gasteiger partial charge on any atom is 0.417 e. The fourth-order valence-electron chi connectivity index (χ4n) is 3.48. The minimum Gasteiger partial charge on any atom is -0.343 e. The number of para-hydroxylation sites is 1. The van der Waals surface area contributed by atoms with Crippen molar-refractivity contribution in [2.45, 2.75) is 32.0 Å². The number of amides is 1. The highest BCUT2D eigenvalue weighted by atomic mass is 19.4. The molecule has 1 aromatic carbocycles. The number of carbonyl (C=O) groups excluding carboxylic acids is 1. The van der Waals surface area contributed by atoms with Gasteiger partial charge in [0.25, 0.3) is 0 Å². The molecule has 1 aliphatic rings. The van der Waals surface area contributed by atoms with E-state index in [1.807, 2.05) is 6.07 Å². The van der Waals surface area contributed by atoms with Crippen LogP contribution in [0.15, 0.2) is 36.4 Å². The molecule has 5 nitrogen and oxygen atoms in total. The molecule has 1 aromatic heterocycles. The van der Waals surface area contributed by atoms with E-state index < -0.39 is 23.3 Å². The van der Waals surface area contributed by atoms with E-state index in [1.54, 1.807) is 37.4 Å². The van der Waals surface area contributed by atoms with Crippen LogP contribution in [0, 0.1) is 18.3 Å². The average molecular weight is 388 g/mol. The number of likely N-dealkylation sites (N-methyl/N-ethyl adjacent to an activating group) is 1. The molecule has 0 spiro atoms. The van der Waals surface area contributed by atoms with Gasteiger partial charge in [-0.3, -0.25) is 4.79 Å². The lowest BCUT2D eigenvalue weighted by Crippen LogP contribution is -2.45. The Morgan fingerprint density at radius 2 is 2.00 bits per heavy atom. The van der Waals surface area contributed by atoms with Crippen LogP contribution in [0.5, 0.6) is 0 Å². The Kier molecular flexibility index (Phi) is 5.27. The largest absolute Gasteiger partial charge is 0.417 e. The number of carbonyl (C=O) groups is 1. The molecule has 0 radical (unpaired) electrons. The SMILES string of the molecule is Cc1cc(C(F)(F)F)c(C#N)c(N2CCC[C@H]2C(=O)N(C)c2ccccc2)n1. The Morgan fingerprint density at radius 3 is 2.61 bits per heavy atom. The monoisotopic (exact) mass is 388 g/mol. The predicted molar refractivity (Wildman–Crippen MR) is 98.9 cm³/mol. The number of nitriles is 1. The minimum absolute atomic E-state index is 0.0767. The zero-order valence-electron chi connectivity index (χ0n) is 15.5. The number of benzene rings is 1. The van der Waals surface area contributed by atoms with Crippen LogP contribution >= 0.6 is 0 Å². The van der Waals surface area contributed by atoms with Crippen molar-refractivity contribution in [2.75, 3.05) is 23.4 Å². The van der Waals surface area contributed by atoms with Gasteiger partial charge in [-0.05, 0) is 38.0 Å². The van der Waals surface area contributed by atoms with Gasteiger partial charge in [0, 0.05) is 25.0 Å². The van der Waals surface area contributed by atoms with E-state index in [9.17, 15) is 23.2 Å². The van der Waals surface area contributed by atoms with Crippen molar-refractivity contribution in [3.63, 3.8) is 0 Å². The van der Waals surface area contributed by atoms with Gasteiger partial charge in [-0.1, -0.05) is 18.2 Å². The van der Waals surface area contributed by atoms with E-state index in [4.69, 9.17) is 0 Å². The van der Waals surface area contributed by atoms with Crippen molar-refractivity contribution in [3.05, 3.63) is 53.2 Å². The summed E-state index contributed by atoms with van der Waals surface area (Å²) >= 11 is 0. The number of halogens is 3. The maximum absolute atomic E-state index is 13.4. The predicted octanol–water partition coefficient (Wildman–Crippen LogP) is 3.91. The van der Waals surface area contributed by atoms with Gasteiger partial charge in [0.2, 0.25) is 5.91 Å². The maximum atomic E-state index is 13.4. The van der Waals surface area contributed by atoms with Crippen molar-refractivity contribution in [1.82, 2.24) is 4.98 Å². The van der Waals surface area contributed by atoms with Crippen molar-refractivity contribution in [2.24, 2.45) is 0 Å². The summed E-state index contributed by atoms with van der Waals surface area (Å²) in [6.45, 7) is 1.81. The third-order valence-corrected chi connectivity index (χ3v) is 4.83. The third kappa shape index (κ3) is 3.65. The van der Waals surface area contributed by atoms with Gasteiger partial charge in [0.1, 0.15) is 23.5 Å². The molecule has 1 amide bonds. The van der Waals surface area contributed by atoms with Crippen LogP contribution in [0.25, 0.3) is 0 Å². The first-order valence-corrected chi connectivity index (χ1v) is 8.82. The van der Waals surface area contributed by atoms with Crippen molar-refractivity contribution >= 4 is 17.4 Å². The van der Waals surface area contributed by atoms with E-state index in [0.717, 1.165) is 6.07 Å². The van der Waals surface area contributed by atoms with Crippen LogP contribution in [0.3, 0.4) is 0 Å². The molecule has 2 heterocycles. The molecule has 0 saturated carbocycles. The topological polar surface area (TPSA) is 60.2 Å². The van der Waals surface area contributed by atoms with Gasteiger partial charge < -0.3 is 9.80 Å². The molecule has 1 atom stereocenters. The number of aromatic nitrogens is 1. The van der Waals surface area contributed by atoms with Gasteiger partial charge in [0.05, 0.1) is 5.56 Å². The Bertz CT molecular complexity index is 922. The molecule has 3 rings (SSSR count). The van der Waals surface area contributed by atoms with E-state index in [0.29, 0.717) is 25.1 Å². The number of nitrogens with zero attached hydrogens (tertiary/aromatic N) is 4. The number of pyridine rings is 1. The van der Waals surface area contributed by atoms with Gasteiger partial charge in [-0.15, -0.1) is 0 Å². The standard InChI is InChI=1S/C20H19F3N4O/c1-13-11-16(20(21,22)23)15(12-24)18(25-13)27-10-6-9-17(27)19(28)26(2)14-7-4-3-5-8-14/h3-5,7-8,11,17H,6,9-10H2,1-2H3/t17-/m0/s1. The van der Waals surface area contributed by atoms with Crippen LogP contribution in [-0.4, -0.2) is 30.5 Å². The highest BCUT2D eigenvalue weighted by Gasteiger charge is 2.40. The molecule has 28 heavy (non-hydrogen) atoms. The quantitative estimate of drug-likeness (QED) is 0.800. The number of hydrogen-bond donors (Lipinski definition) is 0. The lowest BCUT2D eigenvalue weighted by Gasteiger charge is -2.30. The molecule has 0 N–H and O–H groups in total. The lowest BCUT2D eigenvalue weighted by molar-refractivity contribution is -0.137. The Balaban J connectivity index is 2.01. The van der Waals surface area contributed by atoms with E-state index in [2.05, 4.69) is 4.98 Å². The fraction of sp³-hybridized carbons (Fsp3) is 0.350. The van der Waals surface area contributed by atoms with Crippen LogP contribution in [0.1, 0.15) is 29.7 Å². The summed E-state index contributed by atoms with van der Waals surface area (Å²) in [5, 5.41) is 9.41. The van der Waals surface area contributed by atoms with Crippen LogP contribution in [-0.2, 0) is 11.0 Å². The number of anilines is 2. The normalized spacial score (nSPS) is 16.7. The van der Waals surface area contributed by atoms with Gasteiger partial charge in [-0.25, -0.2) is 4.98 Å². The molecule has 0 bridgehead atoms. The molecular weight excluding hydrogens is 369 g/mol. The zero-order chi connectivity index (χ0) is 20.5. The van der Waals surface area contributed by atoms with Crippen LogP contribution < -0.4 is 9.80 Å². The number of hydrogen-bond acceptors (Lipinski definition) is 4. The average Bonchev–Trinajstić information content (AvgIpc) is 3.15. The van der Waals surface area contributed by atoms with E-state index in [-0.39, 0.29) is 17.4 Å². The second-order valence-electron chi connectivity index (χ2n) is 6.70. The Labute approximate surface area is 161 Å². The summed E-state index contributed by atoms with van der Waals surface area (Å²) in [7, 11) is 1.63. The lowest BCUT2D eigenvalue weighted by atomic mass is 10.1. The number of rotatable bonds is 3. The first kappa shape index (κ1) is 19.7. The molecule has 0 unspecified atom stereocenters. The van der Waals surface area contributed by atoms with Gasteiger partial charge in [0.15, 0.2) is 0 Å². The third-order valence-electron chi connectivity index (χ3n) is 4.83. The van der Waals surface area contributed by atoms with Gasteiger partial charge >= 0.3 is 6.18 Å². The Hall–Kier alpha value is -3.08.